The zero-order valence-electron chi connectivity index (χ0n) is 33.8. The van der Waals surface area contributed by atoms with Gasteiger partial charge in [0.2, 0.25) is 0 Å². The standard InChI is InChI=1S/C8H20N2O3.C8H19NO4.C6H16N2O2.C6H16N2.C6H15NO3/c2*9-1-3-11-5-7-13-8-6-12-4-2-10;7-1-3-9-5-6-10-4-2-8;1-6(5-8)3-2-4-7;7-1-3-9-5-6-10-4-2-8/h1-10H2;10H,1-9H2;1-8H2;6H,2-5,7-8H2,1H3;8H,1-7H2. The van der Waals surface area contributed by atoms with E-state index in [1.165, 1.54) is 6.42 Å². The molecule has 0 fully saturated rings. The molecule has 20 heteroatoms. The second-order valence-corrected chi connectivity index (χ2v) is 10.6. The Hall–Kier alpha value is -0.800. The van der Waals surface area contributed by atoms with E-state index >= 15 is 0 Å². The predicted octanol–water partition coefficient (Wildman–Crippen LogP) is -3.83. The molecule has 0 aliphatic rings. The zero-order valence-corrected chi connectivity index (χ0v) is 33.8. The molecule has 20 nitrogen and oxygen atoms in total. The van der Waals surface area contributed by atoms with Gasteiger partial charge < -0.3 is 103 Å². The van der Waals surface area contributed by atoms with Crippen molar-refractivity contribution in [3.05, 3.63) is 0 Å². The van der Waals surface area contributed by atoms with Gasteiger partial charge in [-0.1, -0.05) is 6.92 Å². The van der Waals surface area contributed by atoms with Crippen molar-refractivity contribution in [3.8, 4) is 0 Å². The zero-order chi connectivity index (χ0) is 41.3. The summed E-state index contributed by atoms with van der Waals surface area (Å²) in [5, 5.41) is 16.7. The maximum Gasteiger partial charge on any atom is 0.0701 e. The summed E-state index contributed by atoms with van der Waals surface area (Å²) in [6.45, 7) is 18.3. The van der Waals surface area contributed by atoms with Gasteiger partial charge in [-0.2, -0.15) is 0 Å². The molecule has 0 aromatic heterocycles. The van der Waals surface area contributed by atoms with Gasteiger partial charge in [0, 0.05) is 39.3 Å². The highest BCUT2D eigenvalue weighted by molar-refractivity contribution is 4.52. The first-order valence-electron chi connectivity index (χ1n) is 19.1. The summed E-state index contributed by atoms with van der Waals surface area (Å²) in [4.78, 5) is 0. The Morgan fingerprint density at radius 2 is 0.519 bits per heavy atom. The molecular formula is C34H86N8O12. The monoisotopic (exact) mass is 799 g/mol. The van der Waals surface area contributed by atoms with Crippen LogP contribution < -0.4 is 45.9 Å². The van der Waals surface area contributed by atoms with E-state index in [2.05, 4.69) is 6.92 Å². The van der Waals surface area contributed by atoms with Crippen LogP contribution in [0.5, 0.6) is 0 Å². The van der Waals surface area contributed by atoms with E-state index in [-0.39, 0.29) is 13.2 Å². The van der Waals surface area contributed by atoms with Gasteiger partial charge in [0.05, 0.1) is 145 Å². The molecule has 0 aromatic rings. The predicted molar refractivity (Wildman–Crippen MR) is 213 cm³/mol. The molecule has 0 heterocycles. The maximum atomic E-state index is 8.37. The average Bonchev–Trinajstić information content (AvgIpc) is 3.19. The average molecular weight is 799 g/mol. The first kappa shape index (κ1) is 62.4. The molecule has 1 atom stereocenters. The molecule has 0 amide bonds. The molecule has 18 N–H and O–H groups in total. The molecule has 0 bridgehead atoms. The van der Waals surface area contributed by atoms with Gasteiger partial charge in [-0.05, 0) is 31.8 Å². The van der Waals surface area contributed by atoms with E-state index in [4.69, 9.17) is 103 Å². The van der Waals surface area contributed by atoms with Crippen LogP contribution in [-0.4, -0.2) is 208 Å². The number of hydrogen-bond donors (Lipinski definition) is 10. The van der Waals surface area contributed by atoms with Crippen molar-refractivity contribution in [2.24, 2.45) is 51.8 Å². The Bertz CT molecular complexity index is 491. The first-order valence-corrected chi connectivity index (χ1v) is 19.1. The van der Waals surface area contributed by atoms with E-state index in [1.54, 1.807) is 0 Å². The van der Waals surface area contributed by atoms with Crippen LogP contribution >= 0.6 is 0 Å². The van der Waals surface area contributed by atoms with Crippen molar-refractivity contribution in [2.75, 3.05) is 198 Å². The smallest absolute Gasteiger partial charge is 0.0701 e. The van der Waals surface area contributed by atoms with Crippen LogP contribution in [0.25, 0.3) is 0 Å². The number of nitrogens with two attached hydrogens (primary N) is 8. The molecule has 54 heavy (non-hydrogen) atoms. The van der Waals surface area contributed by atoms with Gasteiger partial charge in [-0.15, -0.1) is 0 Å². The largest absolute Gasteiger partial charge is 0.394 e. The molecule has 0 saturated heterocycles. The quantitative estimate of drug-likeness (QED) is 0.0267. The first-order chi connectivity index (χ1) is 26.5. The lowest BCUT2D eigenvalue weighted by atomic mass is 10.1. The lowest BCUT2D eigenvalue weighted by Crippen LogP contribution is -2.15. The summed E-state index contributed by atoms with van der Waals surface area (Å²) >= 11 is 0. The third kappa shape index (κ3) is 84.0. The van der Waals surface area contributed by atoms with Crippen LogP contribution in [0.4, 0.5) is 0 Å². The minimum Gasteiger partial charge on any atom is -0.394 e. The van der Waals surface area contributed by atoms with Gasteiger partial charge in [0.25, 0.3) is 0 Å². The van der Waals surface area contributed by atoms with E-state index in [9.17, 15) is 0 Å². The summed E-state index contributed by atoms with van der Waals surface area (Å²) in [7, 11) is 0. The Labute approximate surface area is 326 Å². The summed E-state index contributed by atoms with van der Waals surface area (Å²) in [5.41, 5.74) is 41.9. The van der Waals surface area contributed by atoms with Gasteiger partial charge in [0.1, 0.15) is 0 Å². The normalized spacial score (nSPS) is 10.9. The highest BCUT2D eigenvalue weighted by Gasteiger charge is 1.95. The Balaban J connectivity index is -0.000000187. The summed E-state index contributed by atoms with van der Waals surface area (Å²) in [5.74, 6) is 0.651. The Morgan fingerprint density at radius 1 is 0.315 bits per heavy atom. The topological polar surface area (TPSA) is 341 Å². The minimum absolute atomic E-state index is 0.0552. The number of rotatable bonds is 38. The highest BCUT2D eigenvalue weighted by atomic mass is 16.6. The van der Waals surface area contributed by atoms with Crippen LogP contribution in [0.15, 0.2) is 0 Å². The maximum absolute atomic E-state index is 8.37. The number of ether oxygens (including phenoxy) is 10. The molecule has 0 rings (SSSR count). The van der Waals surface area contributed by atoms with Gasteiger partial charge in [-0.25, -0.2) is 0 Å². The number of aliphatic hydroxyl groups excluding tert-OH is 2. The van der Waals surface area contributed by atoms with E-state index < -0.39 is 0 Å². The van der Waals surface area contributed by atoms with Crippen molar-refractivity contribution < 1.29 is 57.6 Å². The van der Waals surface area contributed by atoms with Gasteiger partial charge >= 0.3 is 0 Å². The van der Waals surface area contributed by atoms with Crippen LogP contribution in [-0.2, 0) is 47.4 Å². The van der Waals surface area contributed by atoms with Crippen LogP contribution in [0.2, 0.25) is 0 Å². The van der Waals surface area contributed by atoms with Crippen LogP contribution in [0, 0.1) is 5.92 Å². The third-order valence-electron chi connectivity index (χ3n) is 5.58. The second kappa shape index (κ2) is 70.0. The molecule has 0 spiro atoms. The lowest BCUT2D eigenvalue weighted by Gasteiger charge is -2.05. The van der Waals surface area contributed by atoms with E-state index in [1.807, 2.05) is 0 Å². The van der Waals surface area contributed by atoms with Crippen molar-refractivity contribution in [2.45, 2.75) is 19.8 Å². The van der Waals surface area contributed by atoms with Crippen LogP contribution in [0.3, 0.4) is 0 Å². The van der Waals surface area contributed by atoms with Crippen molar-refractivity contribution in [1.82, 2.24) is 0 Å². The highest BCUT2D eigenvalue weighted by Crippen LogP contribution is 2.00. The molecular weight excluding hydrogens is 712 g/mol. The molecule has 1 unspecified atom stereocenters. The number of hydrogen-bond acceptors (Lipinski definition) is 20. The number of aliphatic hydroxyl groups is 2. The Morgan fingerprint density at radius 3 is 0.685 bits per heavy atom. The van der Waals surface area contributed by atoms with E-state index in [0.717, 1.165) is 19.5 Å². The van der Waals surface area contributed by atoms with Crippen LogP contribution in [0.1, 0.15) is 19.8 Å². The van der Waals surface area contributed by atoms with Crippen molar-refractivity contribution >= 4 is 0 Å². The Kier molecular flexibility index (Phi) is 80.9. The summed E-state index contributed by atoms with van der Waals surface area (Å²) in [6, 6.07) is 0. The fraction of sp³-hybridized carbons (Fsp3) is 1.00. The lowest BCUT2D eigenvalue weighted by molar-refractivity contribution is 0.00888. The van der Waals surface area contributed by atoms with Crippen molar-refractivity contribution in [1.29, 1.82) is 0 Å². The molecule has 0 aliphatic carbocycles. The fourth-order valence-corrected chi connectivity index (χ4v) is 2.94. The fourth-order valence-electron chi connectivity index (χ4n) is 2.94. The van der Waals surface area contributed by atoms with Gasteiger partial charge in [0.15, 0.2) is 0 Å². The van der Waals surface area contributed by atoms with Gasteiger partial charge in [-0.3, -0.25) is 0 Å². The second-order valence-electron chi connectivity index (χ2n) is 10.6. The third-order valence-corrected chi connectivity index (χ3v) is 5.58. The molecule has 0 aliphatic heterocycles. The molecule has 0 radical (unpaired) electrons. The molecule has 0 saturated carbocycles. The summed E-state index contributed by atoms with van der Waals surface area (Å²) < 4.78 is 50.6. The summed E-state index contributed by atoms with van der Waals surface area (Å²) in [6.07, 6.45) is 2.28. The van der Waals surface area contributed by atoms with E-state index in [0.29, 0.717) is 177 Å². The molecule has 0 aromatic carbocycles. The minimum atomic E-state index is 0.0552. The SMILES string of the molecule is CC(CN)CCCN.NCCOCCOCCN.NCCOCCOCCO.NCCOCCOCCOCCN.NCCOCCOCCOCCO. The molecule has 334 valence electrons. The van der Waals surface area contributed by atoms with Crippen molar-refractivity contribution in [3.63, 3.8) is 0 Å².